The normalized spacial score (nSPS) is 17.8. The zero-order valence-corrected chi connectivity index (χ0v) is 9.65. The first-order valence-electron chi connectivity index (χ1n) is 5.95. The molecule has 0 saturated heterocycles. The highest BCUT2D eigenvalue weighted by atomic mass is 16.4. The largest absolute Gasteiger partial charge is 0.481 e. The molecule has 1 atom stereocenters. The first-order chi connectivity index (χ1) is 7.66. The Morgan fingerprint density at radius 1 is 1.50 bits per heavy atom. The Bertz CT molecular complexity index is 380. The third-order valence-corrected chi connectivity index (χ3v) is 3.57. The van der Waals surface area contributed by atoms with Crippen LogP contribution in [0.3, 0.4) is 0 Å². The van der Waals surface area contributed by atoms with Crippen molar-refractivity contribution in [2.75, 3.05) is 0 Å². The predicted octanol–water partition coefficient (Wildman–Crippen LogP) is 3.04. The minimum atomic E-state index is -0.633. The Balaban J connectivity index is 2.07. The molecule has 0 heterocycles. The van der Waals surface area contributed by atoms with Crippen molar-refractivity contribution in [1.29, 1.82) is 0 Å². The molecule has 1 saturated carbocycles. The van der Waals surface area contributed by atoms with Crippen molar-refractivity contribution in [2.45, 2.75) is 32.6 Å². The van der Waals surface area contributed by atoms with E-state index in [-0.39, 0.29) is 5.92 Å². The summed E-state index contributed by atoms with van der Waals surface area (Å²) in [6.07, 6.45) is 4.05. The number of aliphatic carboxylic acids is 1. The second-order valence-corrected chi connectivity index (χ2v) is 4.83. The van der Waals surface area contributed by atoms with Crippen molar-refractivity contribution in [3.63, 3.8) is 0 Å². The van der Waals surface area contributed by atoms with Gasteiger partial charge < -0.3 is 5.11 Å². The first kappa shape index (κ1) is 11.2. The Morgan fingerprint density at radius 3 is 2.75 bits per heavy atom. The van der Waals surface area contributed by atoms with Crippen molar-refractivity contribution >= 4 is 5.97 Å². The van der Waals surface area contributed by atoms with E-state index in [1.165, 1.54) is 12.0 Å². The van der Waals surface area contributed by atoms with E-state index in [9.17, 15) is 9.90 Å². The quantitative estimate of drug-likeness (QED) is 0.843. The van der Waals surface area contributed by atoms with Gasteiger partial charge in [-0.1, -0.05) is 36.2 Å². The number of aryl methyl sites for hydroxylation is 1. The van der Waals surface area contributed by atoms with Gasteiger partial charge in [-0.25, -0.2) is 0 Å². The van der Waals surface area contributed by atoms with Gasteiger partial charge >= 0.3 is 5.97 Å². The fourth-order valence-corrected chi connectivity index (χ4v) is 2.39. The maximum absolute atomic E-state index is 11.2. The number of benzene rings is 1. The summed E-state index contributed by atoms with van der Waals surface area (Å²) in [5.41, 5.74) is 2.36. The van der Waals surface area contributed by atoms with Crippen molar-refractivity contribution in [1.82, 2.24) is 0 Å². The molecule has 1 unspecified atom stereocenters. The molecule has 0 amide bonds. The van der Waals surface area contributed by atoms with Gasteiger partial charge in [0.15, 0.2) is 0 Å². The van der Waals surface area contributed by atoms with Gasteiger partial charge in [-0.2, -0.15) is 0 Å². The van der Waals surface area contributed by atoms with Crippen molar-refractivity contribution < 1.29 is 9.90 Å². The fourth-order valence-electron chi connectivity index (χ4n) is 2.39. The topological polar surface area (TPSA) is 37.3 Å². The molecule has 0 aromatic heterocycles. The maximum atomic E-state index is 11.2. The van der Waals surface area contributed by atoms with Crippen LogP contribution >= 0.6 is 0 Å². The number of carboxylic acid groups (broad SMARTS) is 1. The molecule has 1 fully saturated rings. The second kappa shape index (κ2) is 4.69. The van der Waals surface area contributed by atoms with Crippen LogP contribution < -0.4 is 0 Å². The summed E-state index contributed by atoms with van der Waals surface area (Å²) in [7, 11) is 0. The van der Waals surface area contributed by atoms with Crippen LogP contribution in [0.15, 0.2) is 24.3 Å². The van der Waals surface area contributed by atoms with Crippen molar-refractivity contribution in [3.05, 3.63) is 35.4 Å². The van der Waals surface area contributed by atoms with E-state index in [2.05, 4.69) is 6.07 Å². The molecule has 1 aliphatic rings. The van der Waals surface area contributed by atoms with E-state index in [1.54, 1.807) is 0 Å². The van der Waals surface area contributed by atoms with E-state index in [0.717, 1.165) is 18.4 Å². The molecule has 16 heavy (non-hydrogen) atoms. The van der Waals surface area contributed by atoms with E-state index < -0.39 is 5.97 Å². The molecule has 0 radical (unpaired) electrons. The van der Waals surface area contributed by atoms with Crippen LogP contribution in [0.2, 0.25) is 0 Å². The molecule has 0 bridgehead atoms. The van der Waals surface area contributed by atoms with Crippen LogP contribution in [0, 0.1) is 18.8 Å². The lowest BCUT2D eigenvalue weighted by molar-refractivity contribution is -0.144. The van der Waals surface area contributed by atoms with Gasteiger partial charge in [-0.3, -0.25) is 4.79 Å². The fraction of sp³-hybridized carbons (Fsp3) is 0.500. The smallest absolute Gasteiger partial charge is 0.307 e. The summed E-state index contributed by atoms with van der Waals surface area (Å²) in [5.74, 6) is -0.417. The van der Waals surface area contributed by atoms with Gasteiger partial charge in [0.2, 0.25) is 0 Å². The van der Waals surface area contributed by atoms with Crippen LogP contribution in [0.4, 0.5) is 0 Å². The Morgan fingerprint density at radius 2 is 2.25 bits per heavy atom. The molecule has 0 spiro atoms. The molecule has 1 aromatic rings. The third-order valence-electron chi connectivity index (χ3n) is 3.57. The average molecular weight is 218 g/mol. The molecular weight excluding hydrogens is 200 g/mol. The summed E-state index contributed by atoms with van der Waals surface area (Å²) in [4.78, 5) is 11.2. The molecule has 2 rings (SSSR count). The summed E-state index contributed by atoms with van der Waals surface area (Å²) >= 11 is 0. The molecule has 1 aliphatic carbocycles. The lowest BCUT2D eigenvalue weighted by atomic mass is 9.73. The molecule has 0 aliphatic heterocycles. The van der Waals surface area contributed by atoms with Crippen LogP contribution in [0.5, 0.6) is 0 Å². The Hall–Kier alpha value is -1.31. The second-order valence-electron chi connectivity index (χ2n) is 4.83. The summed E-state index contributed by atoms with van der Waals surface area (Å²) in [6.45, 7) is 2.04. The molecule has 1 aromatic carbocycles. The van der Waals surface area contributed by atoms with Crippen LogP contribution in [-0.4, -0.2) is 11.1 Å². The van der Waals surface area contributed by atoms with Crippen LogP contribution in [-0.2, 0) is 11.2 Å². The zero-order valence-electron chi connectivity index (χ0n) is 9.65. The molecule has 2 nitrogen and oxygen atoms in total. The highest BCUT2D eigenvalue weighted by Crippen LogP contribution is 2.35. The highest BCUT2D eigenvalue weighted by Gasteiger charge is 2.32. The number of rotatable bonds is 4. The van der Waals surface area contributed by atoms with Gasteiger partial charge in [0, 0.05) is 0 Å². The summed E-state index contributed by atoms with van der Waals surface area (Å²) in [6, 6.07) is 8.17. The molecular formula is C14H18O2. The van der Waals surface area contributed by atoms with Gasteiger partial charge in [0.1, 0.15) is 0 Å². The lowest BCUT2D eigenvalue weighted by Crippen LogP contribution is -2.30. The summed E-state index contributed by atoms with van der Waals surface area (Å²) in [5, 5.41) is 9.24. The van der Waals surface area contributed by atoms with Crippen LogP contribution in [0.1, 0.15) is 30.4 Å². The number of carboxylic acids is 1. The standard InChI is InChI=1S/C14H18O2/c1-10-4-2-5-11(8-10)9-13(14(15)16)12-6-3-7-12/h2,4-5,8,12-13H,3,6-7,9H2,1H3,(H,15,16). The minimum Gasteiger partial charge on any atom is -0.481 e. The van der Waals surface area contributed by atoms with E-state index >= 15 is 0 Å². The van der Waals surface area contributed by atoms with Gasteiger partial charge in [-0.05, 0) is 37.7 Å². The minimum absolute atomic E-state index is 0.185. The summed E-state index contributed by atoms with van der Waals surface area (Å²) < 4.78 is 0. The predicted molar refractivity (Wildman–Crippen MR) is 63.3 cm³/mol. The average Bonchev–Trinajstić information content (AvgIpc) is 2.14. The molecule has 2 heteroatoms. The van der Waals surface area contributed by atoms with Gasteiger partial charge in [0.05, 0.1) is 5.92 Å². The Labute approximate surface area is 96.3 Å². The molecule has 86 valence electrons. The van der Waals surface area contributed by atoms with Gasteiger partial charge in [0.25, 0.3) is 0 Å². The maximum Gasteiger partial charge on any atom is 0.307 e. The van der Waals surface area contributed by atoms with Crippen molar-refractivity contribution in [3.8, 4) is 0 Å². The number of hydrogen-bond acceptors (Lipinski definition) is 1. The third kappa shape index (κ3) is 2.43. The van der Waals surface area contributed by atoms with Crippen LogP contribution in [0.25, 0.3) is 0 Å². The highest BCUT2D eigenvalue weighted by molar-refractivity contribution is 5.71. The lowest BCUT2D eigenvalue weighted by Gasteiger charge is -2.31. The van der Waals surface area contributed by atoms with E-state index in [4.69, 9.17) is 0 Å². The van der Waals surface area contributed by atoms with E-state index in [0.29, 0.717) is 12.3 Å². The van der Waals surface area contributed by atoms with E-state index in [1.807, 2.05) is 25.1 Å². The van der Waals surface area contributed by atoms with Gasteiger partial charge in [-0.15, -0.1) is 0 Å². The monoisotopic (exact) mass is 218 g/mol. The number of hydrogen-bond donors (Lipinski definition) is 1. The molecule has 1 N–H and O–H groups in total. The Kier molecular flexibility index (Phi) is 3.28. The SMILES string of the molecule is Cc1cccc(CC(C(=O)O)C2CCC2)c1. The number of carbonyl (C=O) groups is 1. The van der Waals surface area contributed by atoms with Crippen molar-refractivity contribution in [2.24, 2.45) is 11.8 Å². The zero-order chi connectivity index (χ0) is 11.5. The first-order valence-corrected chi connectivity index (χ1v) is 5.95.